The summed E-state index contributed by atoms with van der Waals surface area (Å²) < 4.78 is 0. The van der Waals surface area contributed by atoms with E-state index in [0.29, 0.717) is 0 Å². The van der Waals surface area contributed by atoms with Gasteiger partial charge in [0.05, 0.1) is 22.5 Å². The average molecular weight is 300 g/mol. The second-order valence-electron chi connectivity index (χ2n) is 4.48. The van der Waals surface area contributed by atoms with Gasteiger partial charge >= 0.3 is 11.9 Å². The molecule has 0 saturated heterocycles. The lowest BCUT2D eigenvalue weighted by molar-refractivity contribution is 0.0650. The van der Waals surface area contributed by atoms with Gasteiger partial charge < -0.3 is 21.7 Å². The Hall–Kier alpha value is -3.35. The van der Waals surface area contributed by atoms with Crippen molar-refractivity contribution in [2.24, 2.45) is 0 Å². The van der Waals surface area contributed by atoms with E-state index in [4.69, 9.17) is 11.5 Å². The number of nitrogens with two attached hydrogens (primary N) is 2. The molecule has 0 radical (unpaired) electrons. The van der Waals surface area contributed by atoms with Gasteiger partial charge in [0.15, 0.2) is 5.78 Å². The average Bonchev–Trinajstić information content (AvgIpc) is 2.48. The number of benzene rings is 2. The van der Waals surface area contributed by atoms with Gasteiger partial charge in [-0.25, -0.2) is 9.59 Å². The fraction of sp³-hybridized carbons (Fsp3) is 0. The summed E-state index contributed by atoms with van der Waals surface area (Å²) in [5.41, 5.74) is 9.15. The van der Waals surface area contributed by atoms with E-state index in [1.165, 1.54) is 12.1 Å². The molecule has 112 valence electrons. The van der Waals surface area contributed by atoms with Crippen LogP contribution in [0.15, 0.2) is 36.4 Å². The molecule has 0 bridgehead atoms. The Kier molecular flexibility index (Phi) is 3.81. The maximum absolute atomic E-state index is 12.5. The molecule has 0 aliphatic heterocycles. The topological polar surface area (TPSA) is 144 Å². The van der Waals surface area contributed by atoms with Gasteiger partial charge in [-0.05, 0) is 6.07 Å². The van der Waals surface area contributed by atoms with Crippen molar-refractivity contribution in [1.82, 2.24) is 0 Å². The van der Waals surface area contributed by atoms with Gasteiger partial charge in [-0.2, -0.15) is 0 Å². The predicted octanol–water partition coefficient (Wildman–Crippen LogP) is 1.48. The highest BCUT2D eigenvalue weighted by Crippen LogP contribution is 2.29. The van der Waals surface area contributed by atoms with Gasteiger partial charge in [0.1, 0.15) is 0 Å². The second-order valence-corrected chi connectivity index (χ2v) is 4.48. The Morgan fingerprint density at radius 1 is 0.864 bits per heavy atom. The highest BCUT2D eigenvalue weighted by Gasteiger charge is 2.28. The molecule has 0 atom stereocenters. The smallest absolute Gasteiger partial charge is 0.338 e. The minimum Gasteiger partial charge on any atom is -0.478 e. The monoisotopic (exact) mass is 300 g/mol. The van der Waals surface area contributed by atoms with Crippen molar-refractivity contribution in [2.75, 3.05) is 11.5 Å². The summed E-state index contributed by atoms with van der Waals surface area (Å²) in [4.78, 5) is 35.2. The van der Waals surface area contributed by atoms with Crippen LogP contribution in [-0.4, -0.2) is 27.9 Å². The molecule has 0 amide bonds. The van der Waals surface area contributed by atoms with Crippen LogP contribution < -0.4 is 11.5 Å². The van der Waals surface area contributed by atoms with Crippen LogP contribution in [0.5, 0.6) is 0 Å². The molecule has 0 aromatic heterocycles. The van der Waals surface area contributed by atoms with Crippen molar-refractivity contribution in [3.8, 4) is 0 Å². The predicted molar refractivity (Wildman–Crippen MR) is 79.1 cm³/mol. The molecule has 0 saturated carbocycles. The van der Waals surface area contributed by atoms with Crippen molar-refractivity contribution in [2.45, 2.75) is 0 Å². The van der Waals surface area contributed by atoms with E-state index in [0.717, 1.165) is 6.07 Å². The number of rotatable bonds is 4. The molecule has 0 heterocycles. The third-order valence-corrected chi connectivity index (χ3v) is 3.11. The normalized spacial score (nSPS) is 10.2. The van der Waals surface area contributed by atoms with Crippen LogP contribution in [0, 0.1) is 0 Å². The van der Waals surface area contributed by atoms with E-state index >= 15 is 0 Å². The van der Waals surface area contributed by atoms with Crippen LogP contribution in [0.1, 0.15) is 36.6 Å². The molecule has 0 aliphatic rings. The maximum Gasteiger partial charge on any atom is 0.338 e. The zero-order valence-electron chi connectivity index (χ0n) is 11.2. The van der Waals surface area contributed by atoms with Crippen molar-refractivity contribution in [1.29, 1.82) is 0 Å². The van der Waals surface area contributed by atoms with E-state index in [2.05, 4.69) is 0 Å². The Balaban J connectivity index is 2.79. The Morgan fingerprint density at radius 3 is 1.91 bits per heavy atom. The summed E-state index contributed by atoms with van der Waals surface area (Å²) in [5, 5.41) is 18.5. The van der Waals surface area contributed by atoms with E-state index in [1.54, 1.807) is 18.2 Å². The van der Waals surface area contributed by atoms with Gasteiger partial charge in [-0.3, -0.25) is 4.79 Å². The third-order valence-electron chi connectivity index (χ3n) is 3.11. The molecule has 0 fully saturated rings. The van der Waals surface area contributed by atoms with Crippen molar-refractivity contribution < 1.29 is 24.6 Å². The first-order valence-corrected chi connectivity index (χ1v) is 6.12. The van der Waals surface area contributed by atoms with Crippen LogP contribution in [0.2, 0.25) is 0 Å². The van der Waals surface area contributed by atoms with Crippen molar-refractivity contribution >= 4 is 29.1 Å². The fourth-order valence-corrected chi connectivity index (χ4v) is 2.09. The largest absolute Gasteiger partial charge is 0.478 e. The van der Waals surface area contributed by atoms with Gasteiger partial charge in [-0.15, -0.1) is 0 Å². The van der Waals surface area contributed by atoms with E-state index in [1.807, 2.05) is 0 Å². The lowest BCUT2D eigenvalue weighted by Gasteiger charge is -2.13. The number of carboxylic acids is 2. The zero-order valence-corrected chi connectivity index (χ0v) is 11.2. The number of anilines is 2. The highest BCUT2D eigenvalue weighted by atomic mass is 16.4. The standard InChI is InChI=1S/C15H12N2O5/c16-9-6-8(13(18)7-4-2-1-3-5-7)10(14(19)20)11(12(9)17)15(21)22/h1-6H,16-17H2,(H,19,20)(H,21,22). The molecular weight excluding hydrogens is 288 g/mol. The summed E-state index contributed by atoms with van der Waals surface area (Å²) in [6.45, 7) is 0. The first-order chi connectivity index (χ1) is 10.3. The van der Waals surface area contributed by atoms with Gasteiger partial charge in [0, 0.05) is 11.1 Å². The number of carbonyl (C=O) groups excluding carboxylic acids is 1. The minimum atomic E-state index is -1.57. The summed E-state index contributed by atoms with van der Waals surface area (Å²) >= 11 is 0. The second kappa shape index (κ2) is 5.57. The number of hydrogen-bond acceptors (Lipinski definition) is 5. The first-order valence-electron chi connectivity index (χ1n) is 6.12. The molecule has 6 N–H and O–H groups in total. The van der Waals surface area contributed by atoms with E-state index in [-0.39, 0.29) is 22.5 Å². The third kappa shape index (κ3) is 2.47. The lowest BCUT2D eigenvalue weighted by atomic mass is 9.92. The SMILES string of the molecule is Nc1cc(C(=O)c2ccccc2)c(C(=O)O)c(C(=O)O)c1N. The molecule has 0 unspecified atom stereocenters. The Labute approximate surface area is 124 Å². The minimum absolute atomic E-state index is 0.165. The number of nitrogen functional groups attached to an aromatic ring is 2. The first kappa shape index (κ1) is 15.0. The van der Waals surface area contributed by atoms with Crippen LogP contribution in [0.3, 0.4) is 0 Å². The number of aromatic carboxylic acids is 2. The van der Waals surface area contributed by atoms with Gasteiger partial charge in [-0.1, -0.05) is 30.3 Å². The van der Waals surface area contributed by atoms with Crippen LogP contribution in [-0.2, 0) is 0 Å². The van der Waals surface area contributed by atoms with Crippen LogP contribution in [0.4, 0.5) is 11.4 Å². The van der Waals surface area contributed by atoms with Gasteiger partial charge in [0.25, 0.3) is 0 Å². The molecular formula is C15H12N2O5. The number of carboxylic acid groups (broad SMARTS) is 2. The molecule has 7 heteroatoms. The summed E-state index contributed by atoms with van der Waals surface area (Å²) in [6, 6.07) is 8.95. The maximum atomic E-state index is 12.5. The molecule has 0 aliphatic carbocycles. The van der Waals surface area contributed by atoms with Crippen molar-refractivity contribution in [3.63, 3.8) is 0 Å². The highest BCUT2D eigenvalue weighted by molar-refractivity contribution is 6.19. The van der Waals surface area contributed by atoms with Crippen LogP contribution >= 0.6 is 0 Å². The van der Waals surface area contributed by atoms with Gasteiger partial charge in [0.2, 0.25) is 0 Å². The molecule has 7 nitrogen and oxygen atoms in total. The number of hydrogen-bond donors (Lipinski definition) is 4. The number of ketones is 1. The Morgan fingerprint density at radius 2 is 1.41 bits per heavy atom. The molecule has 2 aromatic carbocycles. The van der Waals surface area contributed by atoms with Crippen LogP contribution in [0.25, 0.3) is 0 Å². The fourth-order valence-electron chi connectivity index (χ4n) is 2.09. The quantitative estimate of drug-likeness (QED) is 0.494. The molecule has 2 rings (SSSR count). The summed E-state index contributed by atoms with van der Waals surface area (Å²) in [6.07, 6.45) is 0. The molecule has 2 aromatic rings. The van der Waals surface area contributed by atoms with E-state index < -0.39 is 28.8 Å². The molecule has 22 heavy (non-hydrogen) atoms. The lowest BCUT2D eigenvalue weighted by Crippen LogP contribution is -2.19. The Bertz CT molecular complexity index is 784. The zero-order chi connectivity index (χ0) is 16.4. The number of carbonyl (C=O) groups is 3. The van der Waals surface area contributed by atoms with Crippen molar-refractivity contribution in [3.05, 3.63) is 58.7 Å². The van der Waals surface area contributed by atoms with E-state index in [9.17, 15) is 24.6 Å². The molecule has 0 spiro atoms. The summed E-state index contributed by atoms with van der Waals surface area (Å²) in [5.74, 6) is -3.78. The summed E-state index contributed by atoms with van der Waals surface area (Å²) in [7, 11) is 0.